The molecule has 2 rings (SSSR count). The first-order valence-electron chi connectivity index (χ1n) is 10.8. The lowest BCUT2D eigenvalue weighted by molar-refractivity contribution is -0.384. The normalized spacial score (nSPS) is 14.3. The van der Waals surface area contributed by atoms with Crippen molar-refractivity contribution in [2.45, 2.75) is 33.6 Å². The van der Waals surface area contributed by atoms with Crippen molar-refractivity contribution >= 4 is 23.3 Å². The Balaban J connectivity index is 2.54. The van der Waals surface area contributed by atoms with Gasteiger partial charge in [0.2, 0.25) is 0 Å². The summed E-state index contributed by atoms with van der Waals surface area (Å²) in [6.45, 7) is 10.5. The first kappa shape index (κ1) is 25.9. The molecule has 0 bridgehead atoms. The van der Waals surface area contributed by atoms with Gasteiger partial charge in [-0.15, -0.1) is 0 Å². The number of methoxy groups -OCH3 is 2. The lowest BCUT2D eigenvalue weighted by Crippen LogP contribution is -2.32. The van der Waals surface area contributed by atoms with Crippen molar-refractivity contribution in [2.75, 3.05) is 45.7 Å². The van der Waals surface area contributed by atoms with Gasteiger partial charge in [-0.05, 0) is 38.6 Å². The Morgan fingerprint density at radius 2 is 1.64 bits per heavy atom. The third-order valence-corrected chi connectivity index (χ3v) is 5.76. The summed E-state index contributed by atoms with van der Waals surface area (Å²) in [6.07, 6.45) is 0. The molecule has 180 valence electrons. The Morgan fingerprint density at radius 3 is 2.09 bits per heavy atom. The summed E-state index contributed by atoms with van der Waals surface area (Å²) in [5, 5.41) is 18.0. The molecule has 1 aliphatic heterocycles. The molecule has 1 heterocycles. The van der Waals surface area contributed by atoms with E-state index in [1.165, 1.54) is 20.3 Å². The molecule has 0 radical (unpaired) electrons. The lowest BCUT2D eigenvalue weighted by Gasteiger charge is -2.30. The van der Waals surface area contributed by atoms with Crippen LogP contribution < -0.4 is 10.6 Å². The minimum Gasteiger partial charge on any atom is -0.466 e. The fraction of sp³-hybridized carbons (Fsp3) is 0.478. The fourth-order valence-electron chi connectivity index (χ4n) is 4.01. The number of nitro benzene ring substituents is 1. The molecular formula is C23H32N4O6. The van der Waals surface area contributed by atoms with Gasteiger partial charge in [0.25, 0.3) is 5.69 Å². The van der Waals surface area contributed by atoms with E-state index in [0.29, 0.717) is 29.2 Å². The Morgan fingerprint density at radius 1 is 1.09 bits per heavy atom. The second kappa shape index (κ2) is 11.5. The van der Waals surface area contributed by atoms with Gasteiger partial charge in [-0.25, -0.2) is 9.59 Å². The Kier molecular flexibility index (Phi) is 8.98. The quantitative estimate of drug-likeness (QED) is 0.308. The van der Waals surface area contributed by atoms with Crippen molar-refractivity contribution in [3.8, 4) is 0 Å². The van der Waals surface area contributed by atoms with Crippen LogP contribution in [-0.4, -0.2) is 62.2 Å². The van der Waals surface area contributed by atoms with Crippen LogP contribution in [-0.2, 0) is 19.1 Å². The number of allylic oxidation sites excluding steroid dienone is 2. The second-order valence-corrected chi connectivity index (χ2v) is 7.61. The maximum atomic E-state index is 12.6. The molecule has 0 amide bonds. The SMILES string of the molecule is CCN(CC)CCNc1ccc(C2C(C(=O)OC)=C(C)NC(C)=C2C(=O)OC)cc1[N+](=O)[O-]. The molecule has 2 N–H and O–H groups in total. The average Bonchev–Trinajstić information content (AvgIpc) is 2.80. The van der Waals surface area contributed by atoms with E-state index in [-0.39, 0.29) is 16.8 Å². The predicted octanol–water partition coefficient (Wildman–Crippen LogP) is 2.93. The molecule has 0 saturated heterocycles. The maximum Gasteiger partial charge on any atom is 0.336 e. The van der Waals surface area contributed by atoms with Gasteiger partial charge in [-0.3, -0.25) is 10.1 Å². The highest BCUT2D eigenvalue weighted by Crippen LogP contribution is 2.41. The van der Waals surface area contributed by atoms with Crippen molar-refractivity contribution in [1.29, 1.82) is 0 Å². The summed E-state index contributed by atoms with van der Waals surface area (Å²) in [7, 11) is 2.49. The van der Waals surface area contributed by atoms with Crippen LogP contribution in [0.3, 0.4) is 0 Å². The van der Waals surface area contributed by atoms with Crippen molar-refractivity contribution < 1.29 is 24.0 Å². The van der Waals surface area contributed by atoms with Gasteiger partial charge >= 0.3 is 11.9 Å². The molecule has 0 spiro atoms. The molecule has 0 atom stereocenters. The molecule has 0 unspecified atom stereocenters. The van der Waals surface area contributed by atoms with Crippen LogP contribution in [0.5, 0.6) is 0 Å². The van der Waals surface area contributed by atoms with E-state index in [0.717, 1.165) is 19.6 Å². The fourth-order valence-corrected chi connectivity index (χ4v) is 4.01. The highest BCUT2D eigenvalue weighted by Gasteiger charge is 2.38. The first-order chi connectivity index (χ1) is 15.7. The number of carbonyl (C=O) groups is 2. The number of esters is 2. The molecule has 0 aromatic heterocycles. The molecule has 1 aromatic rings. The number of nitrogens with one attached hydrogen (secondary N) is 2. The van der Waals surface area contributed by atoms with Gasteiger partial charge in [0.05, 0.1) is 36.2 Å². The Hall–Kier alpha value is -3.40. The number of ether oxygens (including phenoxy) is 2. The van der Waals surface area contributed by atoms with E-state index in [2.05, 4.69) is 29.4 Å². The van der Waals surface area contributed by atoms with E-state index in [1.807, 2.05) is 0 Å². The largest absolute Gasteiger partial charge is 0.466 e. The number of benzene rings is 1. The van der Waals surface area contributed by atoms with Crippen LogP contribution in [0.4, 0.5) is 11.4 Å². The minimum atomic E-state index is -0.880. The van der Waals surface area contributed by atoms with E-state index in [1.54, 1.807) is 26.0 Å². The van der Waals surface area contributed by atoms with Gasteiger partial charge in [-0.2, -0.15) is 0 Å². The van der Waals surface area contributed by atoms with Crippen molar-refractivity contribution in [3.05, 3.63) is 56.4 Å². The number of hydrogen-bond donors (Lipinski definition) is 2. The zero-order valence-electron chi connectivity index (χ0n) is 20.0. The molecule has 0 fully saturated rings. The standard InChI is InChI=1S/C23H32N4O6/c1-7-26(8-2)12-11-24-17-10-9-16(13-18(17)27(30)31)21-19(22(28)32-5)14(3)25-15(4)20(21)23(29)33-6/h9-10,13,21,24-25H,7-8,11-12H2,1-6H3. The third-order valence-electron chi connectivity index (χ3n) is 5.76. The lowest BCUT2D eigenvalue weighted by atomic mass is 9.80. The van der Waals surface area contributed by atoms with Crippen LogP contribution in [0.25, 0.3) is 0 Å². The molecular weight excluding hydrogens is 428 g/mol. The number of likely N-dealkylation sites (N-methyl/N-ethyl adjacent to an activating group) is 1. The molecule has 1 aliphatic rings. The number of carbonyl (C=O) groups excluding carboxylic acids is 2. The number of rotatable bonds is 10. The smallest absolute Gasteiger partial charge is 0.336 e. The highest BCUT2D eigenvalue weighted by molar-refractivity contribution is 6.00. The van der Waals surface area contributed by atoms with Crippen LogP contribution in [0.1, 0.15) is 39.2 Å². The summed E-state index contributed by atoms with van der Waals surface area (Å²) >= 11 is 0. The average molecular weight is 461 g/mol. The first-order valence-corrected chi connectivity index (χ1v) is 10.8. The van der Waals surface area contributed by atoms with Gasteiger partial charge < -0.3 is 25.0 Å². The Labute approximate surface area is 193 Å². The van der Waals surface area contributed by atoms with Crippen molar-refractivity contribution in [1.82, 2.24) is 10.2 Å². The van der Waals surface area contributed by atoms with Crippen LogP contribution in [0, 0.1) is 10.1 Å². The summed E-state index contributed by atoms with van der Waals surface area (Å²) in [4.78, 5) is 38.9. The maximum absolute atomic E-state index is 12.6. The van der Waals surface area contributed by atoms with E-state index < -0.39 is 22.8 Å². The number of nitro groups is 1. The number of anilines is 1. The summed E-state index contributed by atoms with van der Waals surface area (Å²) in [5.41, 5.74) is 2.03. The highest BCUT2D eigenvalue weighted by atomic mass is 16.6. The molecule has 33 heavy (non-hydrogen) atoms. The molecule has 10 heteroatoms. The van der Waals surface area contributed by atoms with Gasteiger partial charge in [-0.1, -0.05) is 19.9 Å². The topological polar surface area (TPSA) is 123 Å². The zero-order valence-corrected chi connectivity index (χ0v) is 20.0. The molecule has 0 aliphatic carbocycles. The summed E-state index contributed by atoms with van der Waals surface area (Å²) in [5.74, 6) is -2.15. The van der Waals surface area contributed by atoms with Gasteiger partial charge in [0.15, 0.2) is 0 Å². The van der Waals surface area contributed by atoms with Crippen molar-refractivity contribution in [2.24, 2.45) is 0 Å². The number of hydrogen-bond acceptors (Lipinski definition) is 9. The third kappa shape index (κ3) is 5.70. The Bertz CT molecular complexity index is 943. The summed E-state index contributed by atoms with van der Waals surface area (Å²) < 4.78 is 9.89. The molecule has 0 saturated carbocycles. The van der Waals surface area contributed by atoms with Crippen LogP contribution in [0.15, 0.2) is 40.7 Å². The monoisotopic (exact) mass is 460 g/mol. The zero-order chi connectivity index (χ0) is 24.7. The number of dihydropyridines is 1. The van der Waals surface area contributed by atoms with E-state index in [4.69, 9.17) is 9.47 Å². The van der Waals surface area contributed by atoms with Gasteiger partial charge in [0, 0.05) is 30.5 Å². The van der Waals surface area contributed by atoms with Crippen LogP contribution >= 0.6 is 0 Å². The number of nitrogens with zero attached hydrogens (tertiary/aromatic N) is 2. The van der Waals surface area contributed by atoms with Crippen molar-refractivity contribution in [3.63, 3.8) is 0 Å². The predicted molar refractivity (Wildman–Crippen MR) is 125 cm³/mol. The van der Waals surface area contributed by atoms with E-state index in [9.17, 15) is 19.7 Å². The molecule has 10 nitrogen and oxygen atoms in total. The van der Waals surface area contributed by atoms with E-state index >= 15 is 0 Å². The molecule has 1 aromatic carbocycles. The second-order valence-electron chi connectivity index (χ2n) is 7.61. The van der Waals surface area contributed by atoms with Crippen LogP contribution in [0.2, 0.25) is 0 Å². The minimum absolute atomic E-state index is 0.144. The summed E-state index contributed by atoms with van der Waals surface area (Å²) in [6, 6.07) is 4.67. The van der Waals surface area contributed by atoms with Gasteiger partial charge in [0.1, 0.15) is 5.69 Å².